The van der Waals surface area contributed by atoms with Crippen LogP contribution in [0.5, 0.6) is 0 Å². The average Bonchev–Trinajstić information content (AvgIpc) is 3.29. The highest BCUT2D eigenvalue weighted by Crippen LogP contribution is 2.54. The van der Waals surface area contributed by atoms with Crippen LogP contribution in [0, 0.1) is 11.3 Å². The lowest BCUT2D eigenvalue weighted by atomic mass is 9.98. The molecule has 2 aromatic rings. The maximum atomic E-state index is 12.5. The van der Waals surface area contributed by atoms with Crippen molar-refractivity contribution in [3.63, 3.8) is 0 Å². The third kappa shape index (κ3) is 5.41. The fourth-order valence-corrected chi connectivity index (χ4v) is 4.92. The number of fused-ring (bicyclic) bond motifs is 3. The molecule has 2 aliphatic rings. The van der Waals surface area contributed by atoms with Crippen molar-refractivity contribution in [1.82, 2.24) is 10.6 Å². The van der Waals surface area contributed by atoms with E-state index < -0.39 is 30.4 Å². The van der Waals surface area contributed by atoms with E-state index in [1.807, 2.05) is 48.5 Å². The van der Waals surface area contributed by atoms with Crippen molar-refractivity contribution in [2.75, 3.05) is 13.2 Å². The third-order valence-corrected chi connectivity index (χ3v) is 7.08. The molecular formula is C27H32N2O5. The number of rotatable bonds is 10. The Hall–Kier alpha value is -3.35. The van der Waals surface area contributed by atoms with E-state index in [9.17, 15) is 19.5 Å². The normalized spacial score (nSPS) is 18.4. The fraction of sp³-hybridized carbons (Fsp3) is 0.444. The number of carbonyl (C=O) groups is 3. The van der Waals surface area contributed by atoms with Crippen molar-refractivity contribution in [2.45, 2.75) is 51.5 Å². The zero-order valence-corrected chi connectivity index (χ0v) is 19.7. The molecule has 0 bridgehead atoms. The molecule has 2 atom stereocenters. The zero-order valence-electron chi connectivity index (χ0n) is 19.7. The Bertz CT molecular complexity index is 1030. The number of hydrogen-bond acceptors (Lipinski definition) is 4. The summed E-state index contributed by atoms with van der Waals surface area (Å²) in [6.07, 6.45) is 1.74. The Morgan fingerprint density at radius 3 is 2.21 bits per heavy atom. The van der Waals surface area contributed by atoms with E-state index in [2.05, 4.69) is 24.5 Å². The van der Waals surface area contributed by atoms with E-state index >= 15 is 0 Å². The van der Waals surface area contributed by atoms with Gasteiger partial charge in [-0.3, -0.25) is 9.59 Å². The second-order valence-electron chi connectivity index (χ2n) is 9.94. The summed E-state index contributed by atoms with van der Waals surface area (Å²) in [5.74, 6) is -1.11. The second-order valence-corrected chi connectivity index (χ2v) is 9.94. The van der Waals surface area contributed by atoms with Crippen LogP contribution in [0.4, 0.5) is 4.79 Å². The molecule has 1 fully saturated rings. The number of carboxylic acids is 1. The van der Waals surface area contributed by atoms with Gasteiger partial charge in [0.15, 0.2) is 0 Å². The molecule has 1 saturated carbocycles. The van der Waals surface area contributed by atoms with Gasteiger partial charge in [-0.05, 0) is 52.8 Å². The minimum absolute atomic E-state index is 0.0957. The Kier molecular flexibility index (Phi) is 6.91. The molecule has 2 amide bonds. The zero-order chi connectivity index (χ0) is 24.3. The van der Waals surface area contributed by atoms with Gasteiger partial charge in [0.1, 0.15) is 12.6 Å². The molecule has 2 aromatic carbocycles. The van der Waals surface area contributed by atoms with Gasteiger partial charge in [0, 0.05) is 12.5 Å². The smallest absolute Gasteiger partial charge is 0.407 e. The minimum atomic E-state index is -1.19. The molecule has 0 aromatic heterocycles. The fourth-order valence-electron chi connectivity index (χ4n) is 4.92. The van der Waals surface area contributed by atoms with Gasteiger partial charge in [-0.25, -0.2) is 4.79 Å². The number of carboxylic acid groups (broad SMARTS) is 1. The molecule has 0 spiro atoms. The van der Waals surface area contributed by atoms with Crippen LogP contribution in [-0.4, -0.2) is 42.3 Å². The lowest BCUT2D eigenvalue weighted by Crippen LogP contribution is -2.48. The van der Waals surface area contributed by atoms with Crippen LogP contribution in [0.1, 0.15) is 56.6 Å². The first-order chi connectivity index (χ1) is 16.3. The van der Waals surface area contributed by atoms with Crippen LogP contribution in [-0.2, 0) is 14.3 Å². The lowest BCUT2D eigenvalue weighted by molar-refractivity contribution is -0.139. The molecule has 4 rings (SSSR count). The van der Waals surface area contributed by atoms with Gasteiger partial charge in [-0.2, -0.15) is 0 Å². The summed E-state index contributed by atoms with van der Waals surface area (Å²) in [5.41, 5.74) is 4.78. The molecular weight excluding hydrogens is 432 g/mol. The molecule has 3 N–H and O–H groups in total. The third-order valence-electron chi connectivity index (χ3n) is 7.08. The van der Waals surface area contributed by atoms with E-state index in [1.165, 1.54) is 6.42 Å². The van der Waals surface area contributed by atoms with Gasteiger partial charge >= 0.3 is 12.1 Å². The predicted molar refractivity (Wildman–Crippen MR) is 128 cm³/mol. The second kappa shape index (κ2) is 9.87. The number of nitrogens with one attached hydrogen (secondary N) is 2. The number of carbonyl (C=O) groups excluding carboxylic acids is 2. The van der Waals surface area contributed by atoms with Crippen molar-refractivity contribution in [2.24, 2.45) is 11.3 Å². The minimum Gasteiger partial charge on any atom is -0.481 e. The molecule has 180 valence electrons. The molecule has 0 saturated heterocycles. The molecule has 7 heteroatoms. The summed E-state index contributed by atoms with van der Waals surface area (Å²) in [6.45, 7) is 5.02. The van der Waals surface area contributed by atoms with E-state index in [0.717, 1.165) is 35.1 Å². The molecule has 0 radical (unpaired) electrons. The van der Waals surface area contributed by atoms with Crippen molar-refractivity contribution in [1.29, 1.82) is 0 Å². The van der Waals surface area contributed by atoms with Crippen molar-refractivity contribution < 1.29 is 24.2 Å². The Balaban J connectivity index is 1.31. The van der Waals surface area contributed by atoms with Crippen LogP contribution in [0.25, 0.3) is 11.1 Å². The summed E-state index contributed by atoms with van der Waals surface area (Å²) < 4.78 is 5.47. The van der Waals surface area contributed by atoms with Gasteiger partial charge < -0.3 is 20.5 Å². The lowest BCUT2D eigenvalue weighted by Gasteiger charge is -2.19. The van der Waals surface area contributed by atoms with Crippen LogP contribution in [0.15, 0.2) is 48.5 Å². The van der Waals surface area contributed by atoms with Crippen molar-refractivity contribution in [3.05, 3.63) is 59.7 Å². The first kappa shape index (κ1) is 23.8. The first-order valence-electron chi connectivity index (χ1n) is 11.9. The van der Waals surface area contributed by atoms with Gasteiger partial charge in [-0.1, -0.05) is 62.4 Å². The summed E-state index contributed by atoms with van der Waals surface area (Å²) >= 11 is 0. The molecule has 7 nitrogen and oxygen atoms in total. The van der Waals surface area contributed by atoms with E-state index in [1.54, 1.807) is 0 Å². The molecule has 34 heavy (non-hydrogen) atoms. The van der Waals surface area contributed by atoms with Gasteiger partial charge in [0.05, 0.1) is 6.42 Å². The van der Waals surface area contributed by atoms with E-state index in [0.29, 0.717) is 17.9 Å². The summed E-state index contributed by atoms with van der Waals surface area (Å²) in [5, 5.41) is 14.4. The maximum Gasteiger partial charge on any atom is 0.407 e. The number of benzene rings is 2. The summed E-state index contributed by atoms with van der Waals surface area (Å²) in [4.78, 5) is 36.3. The molecule has 0 aliphatic heterocycles. The highest BCUT2D eigenvalue weighted by atomic mass is 16.5. The van der Waals surface area contributed by atoms with Crippen molar-refractivity contribution in [3.8, 4) is 11.1 Å². The number of hydrogen-bond donors (Lipinski definition) is 3. The summed E-state index contributed by atoms with van der Waals surface area (Å²) in [6, 6.07) is 14.8. The number of amides is 2. The highest BCUT2D eigenvalue weighted by molar-refractivity contribution is 5.89. The van der Waals surface area contributed by atoms with Gasteiger partial charge in [-0.15, -0.1) is 0 Å². The van der Waals surface area contributed by atoms with E-state index in [4.69, 9.17) is 4.74 Å². The quantitative estimate of drug-likeness (QED) is 0.455. The Labute approximate surface area is 199 Å². The standard InChI is InChI=1S/C27H32N2O5/c1-27(2)15-17(27)8-7-13-28-25(32)23(14-24(30)31)29-26(33)34-16-22-20-11-5-3-9-18(20)19-10-4-6-12-21(19)22/h3-6,9-12,17,22-23H,7-8,13-16H2,1-2H3,(H,28,32)(H,29,33)(H,30,31). The monoisotopic (exact) mass is 464 g/mol. The number of ether oxygens (including phenoxy) is 1. The molecule has 0 heterocycles. The highest BCUT2D eigenvalue weighted by Gasteiger charge is 2.44. The van der Waals surface area contributed by atoms with Crippen molar-refractivity contribution >= 4 is 18.0 Å². The SMILES string of the molecule is CC1(C)CC1CCCNC(=O)C(CC(=O)O)NC(=O)OCC1c2ccccc2-c2ccccc21. The first-order valence-corrected chi connectivity index (χ1v) is 11.9. The maximum absolute atomic E-state index is 12.5. The molecule has 2 unspecified atom stereocenters. The van der Waals surface area contributed by atoms with Gasteiger partial charge in [0.2, 0.25) is 5.91 Å². The Morgan fingerprint density at radius 1 is 1.06 bits per heavy atom. The van der Waals surface area contributed by atoms with Gasteiger partial charge in [0.25, 0.3) is 0 Å². The summed E-state index contributed by atoms with van der Waals surface area (Å²) in [7, 11) is 0. The number of alkyl carbamates (subject to hydrolysis) is 1. The number of aliphatic carboxylic acids is 1. The van der Waals surface area contributed by atoms with Crippen LogP contribution in [0.2, 0.25) is 0 Å². The van der Waals surface area contributed by atoms with Crippen LogP contribution < -0.4 is 10.6 Å². The van der Waals surface area contributed by atoms with Crippen LogP contribution >= 0.6 is 0 Å². The average molecular weight is 465 g/mol. The Morgan fingerprint density at radius 2 is 1.65 bits per heavy atom. The van der Waals surface area contributed by atoms with E-state index in [-0.39, 0.29) is 12.5 Å². The topological polar surface area (TPSA) is 105 Å². The van der Waals surface area contributed by atoms with Crippen LogP contribution in [0.3, 0.4) is 0 Å². The largest absolute Gasteiger partial charge is 0.481 e. The predicted octanol–water partition coefficient (Wildman–Crippen LogP) is 4.31. The molecule has 2 aliphatic carbocycles.